The van der Waals surface area contributed by atoms with Crippen molar-refractivity contribution in [3.63, 3.8) is 0 Å². The van der Waals surface area contributed by atoms with Crippen LogP contribution < -0.4 is 5.32 Å². The fourth-order valence-corrected chi connectivity index (χ4v) is 2.43. The smallest absolute Gasteiger partial charge is 0.246 e. The van der Waals surface area contributed by atoms with Crippen molar-refractivity contribution in [1.29, 1.82) is 0 Å². The van der Waals surface area contributed by atoms with E-state index in [2.05, 4.69) is 20.7 Å². The van der Waals surface area contributed by atoms with E-state index in [1.807, 2.05) is 12.1 Å². The van der Waals surface area contributed by atoms with Crippen LogP contribution >= 0.6 is 11.6 Å². The van der Waals surface area contributed by atoms with E-state index in [0.29, 0.717) is 17.4 Å². The molecule has 1 aliphatic heterocycles. The SMILES string of the molecule is O=C1NCCCC[C@H]1n1nnc(-c2cccc(Cl)c2)n1. The third kappa shape index (κ3) is 2.65. The molecule has 1 aromatic heterocycles. The highest BCUT2D eigenvalue weighted by atomic mass is 35.5. The van der Waals surface area contributed by atoms with Crippen LogP contribution in [0.2, 0.25) is 5.02 Å². The van der Waals surface area contributed by atoms with Gasteiger partial charge >= 0.3 is 0 Å². The zero-order valence-electron chi connectivity index (χ0n) is 10.8. The number of carbonyl (C=O) groups is 1. The number of nitrogens with zero attached hydrogens (tertiary/aromatic N) is 4. The van der Waals surface area contributed by atoms with E-state index in [-0.39, 0.29) is 11.9 Å². The van der Waals surface area contributed by atoms with E-state index in [9.17, 15) is 4.79 Å². The van der Waals surface area contributed by atoms with Crippen molar-refractivity contribution in [2.75, 3.05) is 6.54 Å². The second kappa shape index (κ2) is 5.58. The first-order valence-electron chi connectivity index (χ1n) is 6.57. The number of benzene rings is 1. The molecule has 0 saturated carbocycles. The predicted molar refractivity (Wildman–Crippen MR) is 74.2 cm³/mol. The standard InChI is InChI=1S/C13H14ClN5O/c14-10-5-3-4-9(8-10)12-16-18-19(17-12)11-6-1-2-7-15-13(11)20/h3-5,8,11H,1-2,6-7H2,(H,15,20)/t11-/m1/s1. The zero-order valence-corrected chi connectivity index (χ0v) is 11.5. The molecule has 0 unspecified atom stereocenters. The number of aromatic nitrogens is 4. The Balaban J connectivity index is 1.87. The molecule has 1 atom stereocenters. The van der Waals surface area contributed by atoms with Crippen LogP contribution in [0.3, 0.4) is 0 Å². The Morgan fingerprint density at radius 3 is 3.10 bits per heavy atom. The van der Waals surface area contributed by atoms with Gasteiger partial charge in [0, 0.05) is 17.1 Å². The number of amides is 1. The molecular weight excluding hydrogens is 278 g/mol. The summed E-state index contributed by atoms with van der Waals surface area (Å²) >= 11 is 5.95. The Bertz CT molecular complexity index is 627. The van der Waals surface area contributed by atoms with Crippen molar-refractivity contribution < 1.29 is 4.79 Å². The van der Waals surface area contributed by atoms with Crippen LogP contribution in [0.5, 0.6) is 0 Å². The molecule has 0 aliphatic carbocycles. The lowest BCUT2D eigenvalue weighted by Gasteiger charge is -2.10. The Morgan fingerprint density at radius 1 is 1.35 bits per heavy atom. The first-order valence-corrected chi connectivity index (χ1v) is 6.95. The Hall–Kier alpha value is -1.95. The highest BCUT2D eigenvalue weighted by Gasteiger charge is 2.25. The number of nitrogens with one attached hydrogen (secondary N) is 1. The average Bonchev–Trinajstić information content (AvgIpc) is 2.82. The van der Waals surface area contributed by atoms with Crippen molar-refractivity contribution in [3.8, 4) is 11.4 Å². The molecule has 2 heterocycles. The maximum Gasteiger partial charge on any atom is 0.246 e. The van der Waals surface area contributed by atoms with Crippen molar-refractivity contribution in [1.82, 2.24) is 25.5 Å². The van der Waals surface area contributed by atoms with Gasteiger partial charge in [0.2, 0.25) is 11.7 Å². The highest BCUT2D eigenvalue weighted by molar-refractivity contribution is 6.30. The molecule has 1 amide bonds. The quantitative estimate of drug-likeness (QED) is 0.916. The molecule has 1 aliphatic rings. The van der Waals surface area contributed by atoms with E-state index in [4.69, 9.17) is 11.6 Å². The van der Waals surface area contributed by atoms with Gasteiger partial charge in [-0.15, -0.1) is 10.2 Å². The summed E-state index contributed by atoms with van der Waals surface area (Å²) in [5, 5.41) is 15.8. The van der Waals surface area contributed by atoms with Gasteiger partial charge < -0.3 is 5.32 Å². The molecule has 3 rings (SSSR count). The first-order chi connectivity index (χ1) is 9.74. The molecular formula is C13H14ClN5O. The Labute approximate surface area is 121 Å². The topological polar surface area (TPSA) is 72.7 Å². The van der Waals surface area contributed by atoms with Crippen LogP contribution in [0.4, 0.5) is 0 Å². The second-order valence-electron chi connectivity index (χ2n) is 4.75. The summed E-state index contributed by atoms with van der Waals surface area (Å²) < 4.78 is 0. The normalized spacial score (nSPS) is 19.4. The molecule has 104 valence electrons. The lowest BCUT2D eigenvalue weighted by molar-refractivity contribution is -0.124. The minimum atomic E-state index is -0.377. The summed E-state index contributed by atoms with van der Waals surface area (Å²) in [5.74, 6) is 0.432. The van der Waals surface area contributed by atoms with E-state index >= 15 is 0 Å². The summed E-state index contributed by atoms with van der Waals surface area (Å²) in [6, 6.07) is 6.87. The molecule has 2 aromatic rings. The van der Waals surface area contributed by atoms with E-state index in [1.165, 1.54) is 4.80 Å². The molecule has 20 heavy (non-hydrogen) atoms. The molecule has 0 radical (unpaired) electrons. The van der Waals surface area contributed by atoms with Gasteiger partial charge in [0.1, 0.15) is 0 Å². The number of hydrogen-bond acceptors (Lipinski definition) is 4. The van der Waals surface area contributed by atoms with Gasteiger partial charge in [-0.2, -0.15) is 4.80 Å². The summed E-state index contributed by atoms with van der Waals surface area (Å²) in [6.07, 6.45) is 2.69. The number of carbonyl (C=O) groups excluding carboxylic acids is 1. The Morgan fingerprint density at radius 2 is 2.25 bits per heavy atom. The van der Waals surface area contributed by atoms with Crippen molar-refractivity contribution in [2.24, 2.45) is 0 Å². The van der Waals surface area contributed by atoms with Crippen LogP contribution in [-0.2, 0) is 4.79 Å². The van der Waals surface area contributed by atoms with Crippen LogP contribution in [0.15, 0.2) is 24.3 Å². The van der Waals surface area contributed by atoms with Gasteiger partial charge in [-0.3, -0.25) is 4.79 Å². The fraction of sp³-hybridized carbons (Fsp3) is 0.385. The molecule has 1 fully saturated rings. The average molecular weight is 292 g/mol. The van der Waals surface area contributed by atoms with Gasteiger partial charge in [-0.05, 0) is 36.6 Å². The third-order valence-corrected chi connectivity index (χ3v) is 3.53. The Kier molecular flexibility index (Phi) is 3.64. The lowest BCUT2D eigenvalue weighted by atomic mass is 10.1. The minimum absolute atomic E-state index is 0.0439. The number of halogens is 1. The van der Waals surface area contributed by atoms with Gasteiger partial charge in [0.15, 0.2) is 6.04 Å². The number of hydrogen-bond donors (Lipinski definition) is 1. The van der Waals surface area contributed by atoms with Crippen LogP contribution in [0.1, 0.15) is 25.3 Å². The van der Waals surface area contributed by atoms with E-state index in [0.717, 1.165) is 24.8 Å². The summed E-state index contributed by atoms with van der Waals surface area (Å²) in [5.41, 5.74) is 0.790. The molecule has 1 saturated heterocycles. The summed E-state index contributed by atoms with van der Waals surface area (Å²) in [6.45, 7) is 0.713. The van der Waals surface area contributed by atoms with Crippen LogP contribution in [0, 0.1) is 0 Å². The van der Waals surface area contributed by atoms with Gasteiger partial charge in [0.25, 0.3) is 0 Å². The largest absolute Gasteiger partial charge is 0.354 e. The lowest BCUT2D eigenvalue weighted by Crippen LogP contribution is -2.32. The maximum absolute atomic E-state index is 12.0. The molecule has 0 bridgehead atoms. The van der Waals surface area contributed by atoms with Crippen LogP contribution in [0.25, 0.3) is 11.4 Å². The molecule has 1 N–H and O–H groups in total. The summed E-state index contributed by atoms with van der Waals surface area (Å²) in [7, 11) is 0. The fourth-order valence-electron chi connectivity index (χ4n) is 2.24. The molecule has 0 spiro atoms. The summed E-state index contributed by atoms with van der Waals surface area (Å²) in [4.78, 5) is 13.4. The zero-order chi connectivity index (χ0) is 13.9. The number of tetrazole rings is 1. The molecule has 6 nitrogen and oxygen atoms in total. The number of rotatable bonds is 2. The molecule has 1 aromatic carbocycles. The first kappa shape index (κ1) is 13.1. The van der Waals surface area contributed by atoms with Gasteiger partial charge in [-0.25, -0.2) is 0 Å². The predicted octanol–water partition coefficient (Wildman–Crippen LogP) is 1.83. The minimum Gasteiger partial charge on any atom is -0.354 e. The van der Waals surface area contributed by atoms with E-state index in [1.54, 1.807) is 12.1 Å². The second-order valence-corrected chi connectivity index (χ2v) is 5.18. The maximum atomic E-state index is 12.0. The van der Waals surface area contributed by atoms with Crippen LogP contribution in [-0.4, -0.2) is 32.7 Å². The monoisotopic (exact) mass is 291 g/mol. The third-order valence-electron chi connectivity index (χ3n) is 3.30. The highest BCUT2D eigenvalue weighted by Crippen LogP contribution is 2.21. The molecule has 7 heteroatoms. The van der Waals surface area contributed by atoms with Crippen molar-refractivity contribution in [2.45, 2.75) is 25.3 Å². The van der Waals surface area contributed by atoms with E-state index < -0.39 is 0 Å². The van der Waals surface area contributed by atoms with Gasteiger partial charge in [0.05, 0.1) is 0 Å². The van der Waals surface area contributed by atoms with Crippen molar-refractivity contribution in [3.05, 3.63) is 29.3 Å². The van der Waals surface area contributed by atoms with Gasteiger partial charge in [-0.1, -0.05) is 23.7 Å². The van der Waals surface area contributed by atoms with Crippen molar-refractivity contribution >= 4 is 17.5 Å².